The summed E-state index contributed by atoms with van der Waals surface area (Å²) in [5, 5.41) is 22.1. The first-order valence-corrected chi connectivity index (χ1v) is 10.8. The van der Waals surface area contributed by atoms with Crippen molar-refractivity contribution in [1.29, 1.82) is 0 Å². The van der Waals surface area contributed by atoms with E-state index in [4.69, 9.17) is 15.6 Å². The highest BCUT2D eigenvalue weighted by molar-refractivity contribution is 5.87. The number of aliphatic hydroxyl groups excluding tert-OH is 1. The fourth-order valence-corrected chi connectivity index (χ4v) is 3.76. The van der Waals surface area contributed by atoms with E-state index >= 15 is 0 Å². The van der Waals surface area contributed by atoms with E-state index in [2.05, 4.69) is 22.2 Å². The van der Waals surface area contributed by atoms with E-state index in [9.17, 15) is 9.90 Å². The maximum atomic E-state index is 10.9. The van der Waals surface area contributed by atoms with Crippen LogP contribution in [0.25, 0.3) is 11.0 Å². The number of nitrogen functional groups attached to an aromatic ring is 1. The molecule has 32 heavy (non-hydrogen) atoms. The molecule has 0 aliphatic heterocycles. The number of hydrogen-bond acceptors (Lipinski definition) is 7. The van der Waals surface area contributed by atoms with Crippen molar-refractivity contribution < 1.29 is 19.7 Å². The molecule has 3 aromatic rings. The Labute approximate surface area is 187 Å². The third-order valence-corrected chi connectivity index (χ3v) is 5.41. The average Bonchev–Trinajstić information content (AvgIpc) is 3.17. The minimum Gasteiger partial charge on any atom is -0.496 e. The van der Waals surface area contributed by atoms with Gasteiger partial charge in [-0.3, -0.25) is 4.79 Å². The number of fused-ring (bicyclic) bond motifs is 1. The van der Waals surface area contributed by atoms with Crippen LogP contribution in [0.5, 0.6) is 5.75 Å². The van der Waals surface area contributed by atoms with Crippen LogP contribution in [0.4, 0.5) is 11.8 Å². The summed E-state index contributed by atoms with van der Waals surface area (Å²) in [6.45, 7) is 2.58. The van der Waals surface area contributed by atoms with E-state index in [-0.39, 0.29) is 25.0 Å². The molecular weight excluding hydrogens is 410 g/mol. The summed E-state index contributed by atoms with van der Waals surface area (Å²) in [6.07, 6.45) is 5.27. The number of carboxylic acids is 1. The molecule has 1 atom stereocenters. The van der Waals surface area contributed by atoms with E-state index in [1.165, 1.54) is 0 Å². The molecule has 0 aliphatic rings. The standard InChI is InChI=1S/C23H31N5O4/c1-3-4-5-17(14-29)25-22-21-18(26-23(24)27-22)10-11-28(21)13-16-12-15(7-9-20(30)31)6-8-19(16)32-2/h6,8,10-12,17,29H,3-5,7,9,13-14H2,1-2H3,(H,30,31)(H3,24,25,26,27). The Bertz CT molecular complexity index is 1070. The molecular formula is C23H31N5O4. The highest BCUT2D eigenvalue weighted by Gasteiger charge is 2.16. The zero-order valence-electron chi connectivity index (χ0n) is 18.5. The molecule has 3 rings (SSSR count). The first-order valence-electron chi connectivity index (χ1n) is 10.8. The second-order valence-electron chi connectivity index (χ2n) is 7.81. The number of ether oxygens (including phenoxy) is 1. The lowest BCUT2D eigenvalue weighted by Crippen LogP contribution is -2.25. The summed E-state index contributed by atoms with van der Waals surface area (Å²) in [6, 6.07) is 7.45. The van der Waals surface area contributed by atoms with Crippen molar-refractivity contribution in [3.05, 3.63) is 41.6 Å². The quantitative estimate of drug-likeness (QED) is 0.337. The number of methoxy groups -OCH3 is 1. The number of carbonyl (C=O) groups is 1. The molecule has 0 spiro atoms. The van der Waals surface area contributed by atoms with Crippen LogP contribution in [0.15, 0.2) is 30.5 Å². The van der Waals surface area contributed by atoms with Crippen LogP contribution in [0.3, 0.4) is 0 Å². The van der Waals surface area contributed by atoms with Crippen molar-refractivity contribution >= 4 is 28.8 Å². The molecule has 0 saturated heterocycles. The molecule has 0 aliphatic carbocycles. The summed E-state index contributed by atoms with van der Waals surface area (Å²) >= 11 is 0. The summed E-state index contributed by atoms with van der Waals surface area (Å²) < 4.78 is 7.54. The normalized spacial score (nSPS) is 12.1. The lowest BCUT2D eigenvalue weighted by molar-refractivity contribution is -0.136. The Morgan fingerprint density at radius 1 is 1.31 bits per heavy atom. The van der Waals surface area contributed by atoms with Crippen molar-refractivity contribution in [3.63, 3.8) is 0 Å². The lowest BCUT2D eigenvalue weighted by atomic mass is 10.1. The van der Waals surface area contributed by atoms with Gasteiger partial charge in [0.1, 0.15) is 11.3 Å². The predicted octanol–water partition coefficient (Wildman–Crippen LogP) is 3.05. The smallest absolute Gasteiger partial charge is 0.303 e. The Morgan fingerprint density at radius 3 is 2.81 bits per heavy atom. The molecule has 5 N–H and O–H groups in total. The fraction of sp³-hybridized carbons (Fsp3) is 0.435. The molecule has 1 aromatic carbocycles. The molecule has 0 amide bonds. The zero-order valence-corrected chi connectivity index (χ0v) is 18.5. The second-order valence-corrected chi connectivity index (χ2v) is 7.81. The summed E-state index contributed by atoms with van der Waals surface area (Å²) in [5.74, 6) is 0.630. The number of anilines is 2. The predicted molar refractivity (Wildman–Crippen MR) is 124 cm³/mol. The van der Waals surface area contributed by atoms with Gasteiger partial charge < -0.3 is 30.6 Å². The van der Waals surface area contributed by atoms with Gasteiger partial charge in [0.05, 0.1) is 31.8 Å². The number of rotatable bonds is 12. The zero-order chi connectivity index (χ0) is 23.1. The Hall–Kier alpha value is -3.33. The van der Waals surface area contributed by atoms with Crippen LogP contribution in [0.1, 0.15) is 43.7 Å². The minimum absolute atomic E-state index is 0.00838. The van der Waals surface area contributed by atoms with E-state index in [1.54, 1.807) is 7.11 Å². The molecule has 0 radical (unpaired) electrons. The van der Waals surface area contributed by atoms with Crippen molar-refractivity contribution in [2.45, 2.75) is 51.6 Å². The van der Waals surface area contributed by atoms with Crippen molar-refractivity contribution in [1.82, 2.24) is 14.5 Å². The van der Waals surface area contributed by atoms with Gasteiger partial charge in [-0.05, 0) is 30.5 Å². The van der Waals surface area contributed by atoms with Crippen molar-refractivity contribution in [3.8, 4) is 5.75 Å². The fourth-order valence-electron chi connectivity index (χ4n) is 3.76. The molecule has 2 heterocycles. The lowest BCUT2D eigenvalue weighted by Gasteiger charge is -2.19. The number of benzene rings is 1. The molecule has 2 aromatic heterocycles. The maximum Gasteiger partial charge on any atom is 0.303 e. The van der Waals surface area contributed by atoms with Crippen LogP contribution in [0.2, 0.25) is 0 Å². The molecule has 172 valence electrons. The van der Waals surface area contributed by atoms with Crippen LogP contribution in [-0.4, -0.2) is 50.5 Å². The second kappa shape index (κ2) is 10.8. The van der Waals surface area contributed by atoms with Crippen LogP contribution >= 0.6 is 0 Å². The number of aliphatic hydroxyl groups is 1. The van der Waals surface area contributed by atoms with E-state index < -0.39 is 5.97 Å². The molecule has 0 fully saturated rings. The highest BCUT2D eigenvalue weighted by atomic mass is 16.5. The monoisotopic (exact) mass is 441 g/mol. The number of carboxylic acid groups (broad SMARTS) is 1. The van der Waals surface area contributed by atoms with Gasteiger partial charge in [0.15, 0.2) is 5.82 Å². The SMILES string of the molecule is CCCCC(CO)Nc1nc(N)nc2ccn(Cc3cc(CCC(=O)O)ccc3OC)c12. The van der Waals surface area contributed by atoms with Gasteiger partial charge in [-0.1, -0.05) is 31.9 Å². The third kappa shape index (κ3) is 5.67. The van der Waals surface area contributed by atoms with Gasteiger partial charge in [0.2, 0.25) is 5.95 Å². The molecule has 0 saturated carbocycles. The van der Waals surface area contributed by atoms with Gasteiger partial charge in [-0.2, -0.15) is 4.98 Å². The van der Waals surface area contributed by atoms with Gasteiger partial charge in [0.25, 0.3) is 0 Å². The van der Waals surface area contributed by atoms with Gasteiger partial charge in [0, 0.05) is 18.2 Å². The minimum atomic E-state index is -0.828. The van der Waals surface area contributed by atoms with Gasteiger partial charge in [-0.25, -0.2) is 4.98 Å². The largest absolute Gasteiger partial charge is 0.496 e. The van der Waals surface area contributed by atoms with Crippen LogP contribution in [0, 0.1) is 0 Å². The van der Waals surface area contributed by atoms with Gasteiger partial charge >= 0.3 is 5.97 Å². The Morgan fingerprint density at radius 2 is 2.12 bits per heavy atom. The summed E-state index contributed by atoms with van der Waals surface area (Å²) in [7, 11) is 1.61. The number of aromatic nitrogens is 3. The first-order chi connectivity index (χ1) is 15.4. The number of nitrogens with one attached hydrogen (secondary N) is 1. The third-order valence-electron chi connectivity index (χ3n) is 5.41. The van der Waals surface area contributed by atoms with E-state index in [0.29, 0.717) is 30.0 Å². The molecule has 9 nitrogen and oxygen atoms in total. The van der Waals surface area contributed by atoms with Crippen LogP contribution in [-0.2, 0) is 17.8 Å². The maximum absolute atomic E-state index is 10.9. The first kappa shape index (κ1) is 23.3. The average molecular weight is 442 g/mol. The molecule has 9 heteroatoms. The Balaban J connectivity index is 1.96. The number of hydrogen-bond donors (Lipinski definition) is 4. The van der Waals surface area contributed by atoms with E-state index in [0.717, 1.165) is 35.9 Å². The van der Waals surface area contributed by atoms with Crippen molar-refractivity contribution in [2.24, 2.45) is 0 Å². The van der Waals surface area contributed by atoms with Crippen molar-refractivity contribution in [2.75, 3.05) is 24.8 Å². The number of unbranched alkanes of at least 4 members (excludes halogenated alkanes) is 1. The van der Waals surface area contributed by atoms with Gasteiger partial charge in [-0.15, -0.1) is 0 Å². The number of aryl methyl sites for hydroxylation is 1. The molecule has 1 unspecified atom stereocenters. The highest BCUT2D eigenvalue weighted by Crippen LogP contribution is 2.28. The topological polar surface area (TPSA) is 136 Å². The summed E-state index contributed by atoms with van der Waals surface area (Å²) in [4.78, 5) is 19.7. The number of nitrogens with zero attached hydrogens (tertiary/aromatic N) is 3. The van der Waals surface area contributed by atoms with Crippen LogP contribution < -0.4 is 15.8 Å². The molecule has 0 bridgehead atoms. The van der Waals surface area contributed by atoms with E-state index in [1.807, 2.05) is 35.0 Å². The Kier molecular flexibility index (Phi) is 7.88. The number of aliphatic carboxylic acids is 1. The summed E-state index contributed by atoms with van der Waals surface area (Å²) in [5.41, 5.74) is 9.26. The number of nitrogens with two attached hydrogens (primary N) is 1.